The Hall–Kier alpha value is -3.45. The third-order valence-corrected chi connectivity index (χ3v) is 5.45. The molecular weight excluding hydrogens is 480 g/mol. The number of aromatic carboxylic acids is 1. The van der Waals surface area contributed by atoms with Crippen LogP contribution < -0.4 is 4.74 Å². The third kappa shape index (κ3) is 4.57. The van der Waals surface area contributed by atoms with Crippen LogP contribution in [0.3, 0.4) is 0 Å². The molecule has 7 heteroatoms. The average molecular weight is 498 g/mol. The van der Waals surface area contributed by atoms with E-state index in [4.69, 9.17) is 4.74 Å². The van der Waals surface area contributed by atoms with E-state index in [1.165, 1.54) is 18.2 Å². The number of nitrogens with zero attached hydrogens (tertiary/aromatic N) is 1. The second kappa shape index (κ2) is 8.96. The maximum atomic E-state index is 13.5. The van der Waals surface area contributed by atoms with Gasteiger partial charge in [-0.3, -0.25) is 0 Å². The van der Waals surface area contributed by atoms with E-state index >= 15 is 0 Å². The van der Waals surface area contributed by atoms with E-state index in [9.17, 15) is 18.7 Å². The van der Waals surface area contributed by atoms with Crippen molar-refractivity contribution in [2.45, 2.75) is 13.5 Å². The Morgan fingerprint density at radius 3 is 2.47 bits per heavy atom. The Morgan fingerprint density at radius 1 is 1.00 bits per heavy atom. The Kier molecular flexibility index (Phi) is 6.10. The minimum Gasteiger partial charge on any atom is -0.488 e. The van der Waals surface area contributed by atoms with E-state index in [2.05, 4.69) is 15.9 Å². The van der Waals surface area contributed by atoms with Gasteiger partial charge in [0.1, 0.15) is 24.0 Å². The molecule has 0 aliphatic heterocycles. The molecular formula is C25H18BrF2NO3. The zero-order valence-electron chi connectivity index (χ0n) is 17.0. The van der Waals surface area contributed by atoms with Crippen molar-refractivity contribution in [1.29, 1.82) is 0 Å². The van der Waals surface area contributed by atoms with E-state index in [0.717, 1.165) is 27.5 Å². The van der Waals surface area contributed by atoms with Gasteiger partial charge in [0.05, 0.1) is 11.3 Å². The molecule has 4 rings (SSSR count). The number of benzene rings is 3. The molecule has 1 N–H and O–H groups in total. The maximum absolute atomic E-state index is 13.5. The number of hydrogen-bond acceptors (Lipinski definition) is 2. The zero-order chi connectivity index (χ0) is 22.8. The number of ether oxygens (including phenoxy) is 1. The summed E-state index contributed by atoms with van der Waals surface area (Å²) in [5.41, 5.74) is 3.68. The molecule has 1 heterocycles. The van der Waals surface area contributed by atoms with Crippen LogP contribution in [0.25, 0.3) is 16.9 Å². The fourth-order valence-electron chi connectivity index (χ4n) is 3.55. The summed E-state index contributed by atoms with van der Waals surface area (Å²) in [6, 6.07) is 19.3. The molecule has 0 unspecified atom stereocenters. The Morgan fingerprint density at radius 2 is 1.75 bits per heavy atom. The number of carboxylic acid groups (broad SMARTS) is 1. The van der Waals surface area contributed by atoms with Crippen LogP contribution in [0.5, 0.6) is 5.75 Å². The second-order valence-corrected chi connectivity index (χ2v) is 8.17. The minimum atomic E-state index is -1.01. The first-order valence-corrected chi connectivity index (χ1v) is 10.5. The molecule has 0 saturated heterocycles. The van der Waals surface area contributed by atoms with E-state index in [0.29, 0.717) is 17.0 Å². The molecule has 1 aromatic heterocycles. The lowest BCUT2D eigenvalue weighted by molar-refractivity contribution is 0.0697. The van der Waals surface area contributed by atoms with Gasteiger partial charge >= 0.3 is 5.97 Å². The summed E-state index contributed by atoms with van der Waals surface area (Å²) in [6.07, 6.45) is 0. The molecule has 0 spiro atoms. The molecule has 0 fully saturated rings. The summed E-state index contributed by atoms with van der Waals surface area (Å²) in [5, 5.41) is 9.37. The molecule has 4 aromatic rings. The Labute approximate surface area is 191 Å². The smallest absolute Gasteiger partial charge is 0.335 e. The van der Waals surface area contributed by atoms with E-state index in [1.54, 1.807) is 18.2 Å². The first-order chi connectivity index (χ1) is 15.3. The number of hydrogen-bond donors (Lipinski definition) is 1. The van der Waals surface area contributed by atoms with Crippen LogP contribution in [0.2, 0.25) is 0 Å². The zero-order valence-corrected chi connectivity index (χ0v) is 18.6. The summed E-state index contributed by atoms with van der Waals surface area (Å²) < 4.78 is 35.8. The quantitative estimate of drug-likeness (QED) is 0.319. The van der Waals surface area contributed by atoms with Crippen molar-refractivity contribution in [3.8, 4) is 22.7 Å². The summed E-state index contributed by atoms with van der Waals surface area (Å²) >= 11 is 3.49. The lowest BCUT2D eigenvalue weighted by atomic mass is 10.1. The van der Waals surface area contributed by atoms with Crippen LogP contribution in [0.15, 0.2) is 77.3 Å². The Bertz CT molecular complexity index is 1300. The van der Waals surface area contributed by atoms with Crippen molar-refractivity contribution in [3.05, 3.63) is 106 Å². The predicted octanol–water partition coefficient (Wildman–Crippen LogP) is 6.77. The van der Waals surface area contributed by atoms with Gasteiger partial charge in [0, 0.05) is 27.5 Å². The molecule has 0 saturated carbocycles. The van der Waals surface area contributed by atoms with Gasteiger partial charge in [-0.2, -0.15) is 0 Å². The fourth-order valence-corrected chi connectivity index (χ4v) is 3.91. The number of carboxylic acids is 1. The molecule has 0 radical (unpaired) electrons. The van der Waals surface area contributed by atoms with Crippen molar-refractivity contribution in [1.82, 2.24) is 4.57 Å². The van der Waals surface area contributed by atoms with Gasteiger partial charge in [0.2, 0.25) is 0 Å². The number of rotatable bonds is 6. The van der Waals surface area contributed by atoms with Crippen LogP contribution in [0.1, 0.15) is 21.6 Å². The topological polar surface area (TPSA) is 51.5 Å². The van der Waals surface area contributed by atoms with Crippen molar-refractivity contribution in [2.24, 2.45) is 0 Å². The summed E-state index contributed by atoms with van der Waals surface area (Å²) in [6.45, 7) is 1.91. The minimum absolute atomic E-state index is 0.0164. The maximum Gasteiger partial charge on any atom is 0.335 e. The van der Waals surface area contributed by atoms with Crippen molar-refractivity contribution in [2.75, 3.05) is 0 Å². The van der Waals surface area contributed by atoms with E-state index in [-0.39, 0.29) is 12.2 Å². The van der Waals surface area contributed by atoms with Crippen molar-refractivity contribution in [3.63, 3.8) is 0 Å². The number of aryl methyl sites for hydroxylation is 1. The van der Waals surface area contributed by atoms with Gasteiger partial charge < -0.3 is 14.4 Å². The number of halogens is 3. The highest BCUT2D eigenvalue weighted by molar-refractivity contribution is 9.10. The lowest BCUT2D eigenvalue weighted by Crippen LogP contribution is -2.04. The summed E-state index contributed by atoms with van der Waals surface area (Å²) in [7, 11) is 0. The third-order valence-electron chi connectivity index (χ3n) is 4.96. The van der Waals surface area contributed by atoms with Gasteiger partial charge in [0.15, 0.2) is 0 Å². The van der Waals surface area contributed by atoms with Crippen LogP contribution in [0, 0.1) is 18.6 Å². The number of aromatic nitrogens is 1. The molecule has 32 heavy (non-hydrogen) atoms. The first-order valence-electron chi connectivity index (χ1n) is 9.71. The molecule has 162 valence electrons. The second-order valence-electron chi connectivity index (χ2n) is 7.26. The van der Waals surface area contributed by atoms with Crippen LogP contribution >= 0.6 is 15.9 Å². The number of carbonyl (C=O) groups is 1. The lowest BCUT2D eigenvalue weighted by Gasteiger charge is -2.16. The largest absolute Gasteiger partial charge is 0.488 e. The molecule has 0 aliphatic carbocycles. The monoisotopic (exact) mass is 497 g/mol. The van der Waals surface area contributed by atoms with E-state index < -0.39 is 17.6 Å². The molecule has 0 atom stereocenters. The highest BCUT2D eigenvalue weighted by Crippen LogP contribution is 2.36. The van der Waals surface area contributed by atoms with Crippen LogP contribution in [0.4, 0.5) is 8.78 Å². The first kappa shape index (κ1) is 21.8. The van der Waals surface area contributed by atoms with Gasteiger partial charge in [-0.1, -0.05) is 22.0 Å². The SMILES string of the molecule is Cc1ccc(-c2cc(Br)ccc2OCc2cc(F)cc(F)c2)n1-c1cccc(C(=O)O)c1. The standard InChI is InChI=1S/C25H18BrF2NO3/c1-15-5-7-23(29(15)21-4-2-3-17(11-21)25(30)31)22-12-18(26)6-8-24(22)32-14-16-9-19(27)13-20(28)10-16/h2-13H,14H2,1H3,(H,30,31). The van der Waals surface area contributed by atoms with Gasteiger partial charge in [0.25, 0.3) is 0 Å². The summed E-state index contributed by atoms with van der Waals surface area (Å²) in [5.74, 6) is -1.82. The van der Waals surface area contributed by atoms with Crippen LogP contribution in [-0.2, 0) is 6.61 Å². The van der Waals surface area contributed by atoms with Gasteiger partial charge in [-0.05, 0) is 73.2 Å². The fraction of sp³-hybridized carbons (Fsp3) is 0.0800. The predicted molar refractivity (Wildman–Crippen MR) is 121 cm³/mol. The van der Waals surface area contributed by atoms with Crippen LogP contribution in [-0.4, -0.2) is 15.6 Å². The Balaban J connectivity index is 1.76. The molecule has 0 amide bonds. The molecule has 0 aliphatic rings. The normalized spacial score (nSPS) is 10.9. The highest BCUT2D eigenvalue weighted by Gasteiger charge is 2.16. The van der Waals surface area contributed by atoms with E-state index in [1.807, 2.05) is 41.8 Å². The van der Waals surface area contributed by atoms with Gasteiger partial charge in [-0.15, -0.1) is 0 Å². The van der Waals surface area contributed by atoms with Gasteiger partial charge in [-0.25, -0.2) is 13.6 Å². The average Bonchev–Trinajstić information content (AvgIpc) is 3.13. The van der Waals surface area contributed by atoms with Crippen molar-refractivity contribution < 1.29 is 23.4 Å². The molecule has 3 aromatic carbocycles. The molecule has 4 nitrogen and oxygen atoms in total. The molecule has 0 bridgehead atoms. The summed E-state index contributed by atoms with van der Waals surface area (Å²) in [4.78, 5) is 11.4. The van der Waals surface area contributed by atoms with Crippen molar-refractivity contribution >= 4 is 21.9 Å². The highest BCUT2D eigenvalue weighted by atomic mass is 79.9.